The topological polar surface area (TPSA) is 86.3 Å². The molecule has 0 bridgehead atoms. The van der Waals surface area contributed by atoms with Crippen LogP contribution in [0.2, 0.25) is 0 Å². The number of aromatic nitrogens is 3. The first kappa shape index (κ1) is 18.8. The van der Waals surface area contributed by atoms with Crippen LogP contribution in [-0.2, 0) is 0 Å². The van der Waals surface area contributed by atoms with Crippen molar-refractivity contribution in [2.45, 2.75) is 0 Å². The van der Waals surface area contributed by atoms with E-state index in [1.807, 2.05) is 24.3 Å². The van der Waals surface area contributed by atoms with Gasteiger partial charge in [-0.15, -0.1) is 0 Å². The lowest BCUT2D eigenvalue weighted by molar-refractivity contribution is 0.102. The second kappa shape index (κ2) is 8.24. The minimum Gasteiger partial charge on any atom is -0.362 e. The number of hydrogen-bond donors (Lipinski definition) is 2. The van der Waals surface area contributed by atoms with Crippen molar-refractivity contribution >= 4 is 34.3 Å². The molecule has 29 heavy (non-hydrogen) atoms. The Labute approximate surface area is 169 Å². The second-order valence-corrected chi connectivity index (χ2v) is 6.96. The van der Waals surface area contributed by atoms with Gasteiger partial charge in [-0.05, 0) is 43.6 Å². The van der Waals surface area contributed by atoms with Crippen molar-refractivity contribution < 1.29 is 4.79 Å². The number of hydrogen-bond acceptors (Lipinski definition) is 7. The zero-order valence-corrected chi connectivity index (χ0v) is 16.3. The van der Waals surface area contributed by atoms with Crippen LogP contribution >= 0.6 is 0 Å². The van der Waals surface area contributed by atoms with Crippen LogP contribution in [0.5, 0.6) is 0 Å². The maximum absolute atomic E-state index is 12.7. The summed E-state index contributed by atoms with van der Waals surface area (Å²) < 4.78 is 0. The normalized spacial score (nSPS) is 14.6. The number of nitrogens with one attached hydrogen (secondary N) is 2. The number of piperazine rings is 1. The summed E-state index contributed by atoms with van der Waals surface area (Å²) in [7, 11) is 2.11. The average molecular weight is 389 g/mol. The maximum Gasteiger partial charge on any atom is 0.258 e. The number of fused-ring (bicyclic) bond motifs is 1. The van der Waals surface area contributed by atoms with Crippen LogP contribution < -0.4 is 15.5 Å². The molecule has 148 valence electrons. The molecule has 3 aromatic rings. The van der Waals surface area contributed by atoms with Crippen LogP contribution in [0.3, 0.4) is 0 Å². The highest BCUT2D eigenvalue weighted by atomic mass is 16.1. The number of likely N-dealkylation sites (N-methyl/N-ethyl adjacent to an activating group) is 1. The van der Waals surface area contributed by atoms with Crippen molar-refractivity contribution in [3.8, 4) is 0 Å². The molecule has 0 saturated carbocycles. The molecule has 0 radical (unpaired) electrons. The molecule has 2 N–H and O–H groups in total. The molecule has 1 fully saturated rings. The summed E-state index contributed by atoms with van der Waals surface area (Å²) in [5, 5.41) is 6.70. The molecule has 0 unspecified atom stereocenters. The monoisotopic (exact) mass is 389 g/mol. The molecule has 8 heteroatoms. The van der Waals surface area contributed by atoms with E-state index in [-0.39, 0.29) is 11.9 Å². The van der Waals surface area contributed by atoms with Crippen LogP contribution in [0.15, 0.2) is 55.5 Å². The van der Waals surface area contributed by atoms with Gasteiger partial charge < -0.3 is 15.1 Å². The Hall–Kier alpha value is -3.52. The Morgan fingerprint density at radius 2 is 1.97 bits per heavy atom. The first-order valence-electron chi connectivity index (χ1n) is 9.47. The lowest BCUT2D eigenvalue weighted by Gasteiger charge is -2.33. The van der Waals surface area contributed by atoms with Gasteiger partial charge in [0, 0.05) is 55.2 Å². The van der Waals surface area contributed by atoms with E-state index in [1.165, 1.54) is 0 Å². The molecule has 2 aromatic heterocycles. The van der Waals surface area contributed by atoms with Crippen LogP contribution in [-0.4, -0.2) is 59.0 Å². The second-order valence-electron chi connectivity index (χ2n) is 6.96. The van der Waals surface area contributed by atoms with Crippen LogP contribution in [0.1, 0.15) is 10.4 Å². The van der Waals surface area contributed by atoms with Gasteiger partial charge in [0.1, 0.15) is 5.82 Å². The Bertz CT molecular complexity index is 1040. The molecule has 8 nitrogen and oxygen atoms in total. The predicted molar refractivity (Wildman–Crippen MR) is 115 cm³/mol. The van der Waals surface area contributed by atoms with Crippen molar-refractivity contribution in [2.24, 2.45) is 0 Å². The largest absolute Gasteiger partial charge is 0.362 e. The molecule has 0 spiro atoms. The fraction of sp³-hybridized carbons (Fsp3) is 0.238. The predicted octanol–water partition coefficient (Wildman–Crippen LogP) is 2.58. The number of carbonyl (C=O) groups excluding carboxylic acids is 1. The van der Waals surface area contributed by atoms with Gasteiger partial charge in [-0.2, -0.15) is 0 Å². The van der Waals surface area contributed by atoms with Crippen molar-refractivity contribution in [2.75, 3.05) is 48.8 Å². The smallest absolute Gasteiger partial charge is 0.258 e. The first-order valence-corrected chi connectivity index (χ1v) is 9.47. The molecule has 1 aliphatic heterocycles. The van der Waals surface area contributed by atoms with Gasteiger partial charge >= 0.3 is 0 Å². The Morgan fingerprint density at radius 3 is 2.76 bits per heavy atom. The minimum atomic E-state index is -0.262. The van der Waals surface area contributed by atoms with E-state index < -0.39 is 0 Å². The van der Waals surface area contributed by atoms with Crippen LogP contribution in [0.25, 0.3) is 10.9 Å². The minimum absolute atomic E-state index is 0.260. The number of anilines is 3. The molecular weight excluding hydrogens is 366 g/mol. The highest BCUT2D eigenvalue weighted by molar-refractivity contribution is 6.04. The van der Waals surface area contributed by atoms with Gasteiger partial charge in [-0.1, -0.05) is 6.58 Å². The number of nitrogens with zero attached hydrogens (tertiary/aromatic N) is 5. The number of amides is 1. The molecule has 1 aromatic carbocycles. The van der Waals surface area contributed by atoms with Gasteiger partial charge in [-0.3, -0.25) is 10.1 Å². The summed E-state index contributed by atoms with van der Waals surface area (Å²) in [6.07, 6.45) is 4.96. The maximum atomic E-state index is 12.7. The standard InChI is InChI=1S/C21H23N7O/c1-3-22-17-5-4-16-14-24-21(25-18(16)13-17)26-20(29)15-6-7-23-19(12-15)28-10-8-27(2)9-11-28/h3-7,12-14,22H,1,8-11H2,2H3,(H,24,25,26,29). The zero-order valence-electron chi connectivity index (χ0n) is 16.3. The number of carbonyl (C=O) groups is 1. The first-order chi connectivity index (χ1) is 14.1. The van der Waals surface area contributed by atoms with Crippen molar-refractivity contribution in [1.82, 2.24) is 19.9 Å². The summed E-state index contributed by atoms with van der Waals surface area (Å²) in [4.78, 5) is 30.3. The van der Waals surface area contributed by atoms with Gasteiger partial charge in [0.05, 0.1) is 5.52 Å². The molecule has 3 heterocycles. The fourth-order valence-corrected chi connectivity index (χ4v) is 3.23. The third kappa shape index (κ3) is 4.33. The average Bonchev–Trinajstić information content (AvgIpc) is 2.74. The van der Waals surface area contributed by atoms with Crippen LogP contribution in [0.4, 0.5) is 17.5 Å². The summed E-state index contributed by atoms with van der Waals surface area (Å²) in [5.74, 6) is 0.809. The summed E-state index contributed by atoms with van der Waals surface area (Å²) in [6.45, 7) is 7.40. The SMILES string of the molecule is C=CNc1ccc2cnc(NC(=O)c3ccnc(N4CCN(C)CC4)c3)nc2c1. The van der Waals surface area contributed by atoms with E-state index in [2.05, 4.69) is 49.0 Å². The Kier molecular flexibility index (Phi) is 5.35. The molecule has 0 atom stereocenters. The highest BCUT2D eigenvalue weighted by Crippen LogP contribution is 2.19. The quantitative estimate of drug-likeness (QED) is 0.694. The van der Waals surface area contributed by atoms with Gasteiger partial charge in [-0.25, -0.2) is 15.0 Å². The number of benzene rings is 1. The fourth-order valence-electron chi connectivity index (χ4n) is 3.23. The van der Waals surface area contributed by atoms with Crippen molar-refractivity contribution in [1.29, 1.82) is 0 Å². The molecule has 1 saturated heterocycles. The van der Waals surface area contributed by atoms with E-state index in [0.717, 1.165) is 48.6 Å². The molecule has 1 amide bonds. The van der Waals surface area contributed by atoms with E-state index in [1.54, 1.807) is 24.7 Å². The van der Waals surface area contributed by atoms with Gasteiger partial charge in [0.25, 0.3) is 5.91 Å². The highest BCUT2D eigenvalue weighted by Gasteiger charge is 2.17. The third-order valence-electron chi connectivity index (χ3n) is 4.91. The van der Waals surface area contributed by atoms with E-state index >= 15 is 0 Å². The Balaban J connectivity index is 1.51. The van der Waals surface area contributed by atoms with Crippen molar-refractivity contribution in [3.63, 3.8) is 0 Å². The number of pyridine rings is 1. The van der Waals surface area contributed by atoms with Gasteiger partial charge in [0.15, 0.2) is 0 Å². The zero-order chi connectivity index (χ0) is 20.2. The lowest BCUT2D eigenvalue weighted by atomic mass is 10.2. The summed E-state index contributed by atoms with van der Waals surface area (Å²) >= 11 is 0. The van der Waals surface area contributed by atoms with E-state index in [4.69, 9.17) is 0 Å². The van der Waals surface area contributed by atoms with E-state index in [0.29, 0.717) is 5.56 Å². The molecule has 0 aliphatic carbocycles. The Morgan fingerprint density at radius 1 is 1.14 bits per heavy atom. The summed E-state index contributed by atoms with van der Waals surface area (Å²) in [5.41, 5.74) is 2.13. The lowest BCUT2D eigenvalue weighted by Crippen LogP contribution is -2.44. The summed E-state index contributed by atoms with van der Waals surface area (Å²) in [6, 6.07) is 9.22. The van der Waals surface area contributed by atoms with Gasteiger partial charge in [0.2, 0.25) is 5.95 Å². The third-order valence-corrected chi connectivity index (χ3v) is 4.91. The molecule has 4 rings (SSSR count). The molecule has 1 aliphatic rings. The van der Waals surface area contributed by atoms with Crippen LogP contribution in [0, 0.1) is 0 Å². The van der Waals surface area contributed by atoms with E-state index in [9.17, 15) is 4.79 Å². The number of rotatable bonds is 5. The van der Waals surface area contributed by atoms with Crippen molar-refractivity contribution in [3.05, 3.63) is 61.1 Å². The molecular formula is C21H23N7O.